The highest BCUT2D eigenvalue weighted by molar-refractivity contribution is 7.97. The first kappa shape index (κ1) is 12.4. The van der Waals surface area contributed by atoms with Crippen LogP contribution in [0, 0.1) is 0 Å². The molecule has 1 aromatic heterocycles. The molecule has 0 aromatic carbocycles. The van der Waals surface area contributed by atoms with Gasteiger partial charge in [0.1, 0.15) is 5.01 Å². The highest BCUT2D eigenvalue weighted by Gasteiger charge is 2.21. The van der Waals surface area contributed by atoms with Crippen LogP contribution in [0.3, 0.4) is 0 Å². The Bertz CT molecular complexity index is 337. The van der Waals surface area contributed by atoms with E-state index in [1.54, 1.807) is 7.11 Å². The van der Waals surface area contributed by atoms with Crippen molar-refractivity contribution < 1.29 is 4.74 Å². The van der Waals surface area contributed by atoms with Crippen LogP contribution in [0.2, 0.25) is 0 Å². The van der Waals surface area contributed by atoms with Crippen molar-refractivity contribution in [1.82, 2.24) is 10.3 Å². The summed E-state index contributed by atoms with van der Waals surface area (Å²) in [6, 6.07) is 0.751. The summed E-state index contributed by atoms with van der Waals surface area (Å²) < 4.78 is 5.19. The molecule has 2 rings (SSSR count). The van der Waals surface area contributed by atoms with Crippen molar-refractivity contribution >= 4 is 23.1 Å². The molecule has 1 saturated carbocycles. The molecule has 1 fully saturated rings. The maximum atomic E-state index is 5.19. The Labute approximate surface area is 105 Å². The maximum Gasteiger partial charge on any atom is 0.103 e. The van der Waals surface area contributed by atoms with Crippen LogP contribution < -0.4 is 5.32 Å². The van der Waals surface area contributed by atoms with E-state index in [2.05, 4.69) is 16.6 Å². The predicted octanol–water partition coefficient (Wildman–Crippen LogP) is 2.40. The summed E-state index contributed by atoms with van der Waals surface area (Å²) in [5.74, 6) is 1.00. The van der Waals surface area contributed by atoms with Gasteiger partial charge in [-0.05, 0) is 19.1 Å². The number of rotatable bonds is 7. The molecule has 0 saturated heterocycles. The Kier molecular flexibility index (Phi) is 4.64. The van der Waals surface area contributed by atoms with Gasteiger partial charge in [-0.3, -0.25) is 0 Å². The molecule has 1 aromatic rings. The smallest absolute Gasteiger partial charge is 0.103 e. The zero-order valence-electron chi connectivity index (χ0n) is 9.78. The van der Waals surface area contributed by atoms with Crippen LogP contribution in [-0.4, -0.2) is 24.4 Å². The summed E-state index contributed by atoms with van der Waals surface area (Å²) in [4.78, 5) is 5.97. The third kappa shape index (κ3) is 3.45. The van der Waals surface area contributed by atoms with Gasteiger partial charge in [-0.25, -0.2) is 4.98 Å². The van der Waals surface area contributed by atoms with Crippen molar-refractivity contribution in [3.8, 4) is 0 Å². The Morgan fingerprint density at radius 3 is 3.00 bits per heavy atom. The average molecular weight is 258 g/mol. The van der Waals surface area contributed by atoms with E-state index in [-0.39, 0.29) is 0 Å². The van der Waals surface area contributed by atoms with Crippen molar-refractivity contribution in [2.45, 2.75) is 37.8 Å². The number of methoxy groups -OCH3 is 1. The molecule has 3 nitrogen and oxygen atoms in total. The third-order valence-electron chi connectivity index (χ3n) is 2.50. The van der Waals surface area contributed by atoms with Gasteiger partial charge in [-0.15, -0.1) is 11.3 Å². The monoisotopic (exact) mass is 258 g/mol. The molecule has 0 aliphatic heterocycles. The fourth-order valence-corrected chi connectivity index (χ4v) is 3.25. The number of nitrogens with one attached hydrogen (secondary N) is 1. The normalized spacial score (nSPS) is 15.6. The molecule has 16 heavy (non-hydrogen) atoms. The molecule has 0 unspecified atom stereocenters. The lowest BCUT2D eigenvalue weighted by Gasteiger charge is -2.02. The fraction of sp³-hybridized carbons (Fsp3) is 0.727. The first-order valence-corrected chi connectivity index (χ1v) is 7.73. The lowest BCUT2D eigenvalue weighted by atomic mass is 10.3. The van der Waals surface area contributed by atoms with E-state index in [0.29, 0.717) is 6.61 Å². The summed E-state index contributed by atoms with van der Waals surface area (Å²) in [6.45, 7) is 1.59. The standard InChI is InChI=1S/C11H18N2OS2/c1-14-6-9-10(5-12-8-3-4-8)16-11(13-9)7-15-2/h8,12H,3-7H2,1-2H3. The quantitative estimate of drug-likeness (QED) is 0.814. The second-order valence-corrected chi connectivity index (χ2v) is 6.03. The molecule has 5 heteroatoms. The van der Waals surface area contributed by atoms with Crippen LogP contribution in [0.1, 0.15) is 28.4 Å². The van der Waals surface area contributed by atoms with Gasteiger partial charge in [0.2, 0.25) is 0 Å². The summed E-state index contributed by atoms with van der Waals surface area (Å²) in [5.41, 5.74) is 1.12. The Hall–Kier alpha value is -0.100. The summed E-state index contributed by atoms with van der Waals surface area (Å²) in [6.07, 6.45) is 4.77. The third-order valence-corrected chi connectivity index (χ3v) is 4.34. The zero-order chi connectivity index (χ0) is 11.4. The summed E-state index contributed by atoms with van der Waals surface area (Å²) >= 11 is 3.64. The predicted molar refractivity (Wildman–Crippen MR) is 69.9 cm³/mol. The van der Waals surface area contributed by atoms with E-state index in [4.69, 9.17) is 4.74 Å². The Balaban J connectivity index is 1.99. The number of aromatic nitrogens is 1. The molecule has 90 valence electrons. The van der Waals surface area contributed by atoms with Crippen LogP contribution in [0.25, 0.3) is 0 Å². The number of nitrogens with zero attached hydrogens (tertiary/aromatic N) is 1. The van der Waals surface area contributed by atoms with Gasteiger partial charge in [0.25, 0.3) is 0 Å². The molecule has 1 heterocycles. The molecule has 1 N–H and O–H groups in total. The number of thioether (sulfide) groups is 1. The molecule has 0 atom stereocenters. The van der Waals surface area contributed by atoms with Crippen LogP contribution in [-0.2, 0) is 23.6 Å². The largest absolute Gasteiger partial charge is 0.378 e. The minimum absolute atomic E-state index is 0.632. The highest BCUT2D eigenvalue weighted by atomic mass is 32.2. The fourth-order valence-electron chi connectivity index (χ4n) is 1.53. The Morgan fingerprint density at radius 2 is 2.38 bits per heavy atom. The number of ether oxygens (including phenoxy) is 1. The van der Waals surface area contributed by atoms with E-state index < -0.39 is 0 Å². The molecule has 0 bridgehead atoms. The molecular weight excluding hydrogens is 240 g/mol. The Morgan fingerprint density at radius 1 is 1.56 bits per heavy atom. The first-order valence-electron chi connectivity index (χ1n) is 5.52. The molecule has 1 aliphatic rings. The maximum absolute atomic E-state index is 5.19. The highest BCUT2D eigenvalue weighted by Crippen LogP contribution is 2.25. The minimum Gasteiger partial charge on any atom is -0.378 e. The molecule has 1 aliphatic carbocycles. The van der Waals surface area contributed by atoms with Crippen molar-refractivity contribution in [2.24, 2.45) is 0 Å². The van der Waals surface area contributed by atoms with Crippen LogP contribution in [0.15, 0.2) is 0 Å². The number of thiazole rings is 1. The van der Waals surface area contributed by atoms with E-state index >= 15 is 0 Å². The molecule has 0 spiro atoms. The lowest BCUT2D eigenvalue weighted by molar-refractivity contribution is 0.181. The second-order valence-electron chi connectivity index (χ2n) is 4.00. The zero-order valence-corrected chi connectivity index (χ0v) is 11.4. The summed E-state index contributed by atoms with van der Waals surface area (Å²) in [5, 5.41) is 4.75. The molecular formula is C11H18N2OS2. The second kappa shape index (κ2) is 6.00. The molecule has 0 radical (unpaired) electrons. The van der Waals surface area contributed by atoms with Crippen molar-refractivity contribution in [3.63, 3.8) is 0 Å². The van der Waals surface area contributed by atoms with Crippen molar-refractivity contribution in [3.05, 3.63) is 15.6 Å². The van der Waals surface area contributed by atoms with Gasteiger partial charge in [0, 0.05) is 30.3 Å². The van der Waals surface area contributed by atoms with Gasteiger partial charge in [-0.2, -0.15) is 11.8 Å². The van der Waals surface area contributed by atoms with E-state index in [1.165, 1.54) is 22.7 Å². The van der Waals surface area contributed by atoms with Crippen LogP contribution in [0.4, 0.5) is 0 Å². The number of hydrogen-bond donors (Lipinski definition) is 1. The van der Waals surface area contributed by atoms with Crippen molar-refractivity contribution in [2.75, 3.05) is 13.4 Å². The van der Waals surface area contributed by atoms with Gasteiger partial charge in [0.15, 0.2) is 0 Å². The van der Waals surface area contributed by atoms with E-state index in [0.717, 1.165) is 24.0 Å². The average Bonchev–Trinajstić information content (AvgIpc) is 3.01. The number of hydrogen-bond acceptors (Lipinski definition) is 5. The van der Waals surface area contributed by atoms with Crippen LogP contribution >= 0.6 is 23.1 Å². The van der Waals surface area contributed by atoms with Gasteiger partial charge in [-0.1, -0.05) is 0 Å². The lowest BCUT2D eigenvalue weighted by Crippen LogP contribution is -2.15. The van der Waals surface area contributed by atoms with Crippen molar-refractivity contribution in [1.29, 1.82) is 0 Å². The van der Waals surface area contributed by atoms with Gasteiger partial charge in [0.05, 0.1) is 12.3 Å². The first-order chi connectivity index (χ1) is 7.83. The van der Waals surface area contributed by atoms with Gasteiger partial charge < -0.3 is 10.1 Å². The minimum atomic E-state index is 0.632. The SMILES string of the molecule is COCc1nc(CSC)sc1CNC1CC1. The van der Waals surface area contributed by atoms with E-state index in [9.17, 15) is 0 Å². The topological polar surface area (TPSA) is 34.1 Å². The summed E-state index contributed by atoms with van der Waals surface area (Å²) in [7, 11) is 1.73. The molecule has 0 amide bonds. The van der Waals surface area contributed by atoms with Crippen LogP contribution in [0.5, 0.6) is 0 Å². The van der Waals surface area contributed by atoms with E-state index in [1.807, 2.05) is 23.1 Å². The van der Waals surface area contributed by atoms with Gasteiger partial charge >= 0.3 is 0 Å².